The lowest BCUT2D eigenvalue weighted by Crippen LogP contribution is -2.58. The lowest BCUT2D eigenvalue weighted by Gasteiger charge is -2.45. The van der Waals surface area contributed by atoms with Gasteiger partial charge in [-0.25, -0.2) is 0 Å². The number of ether oxygens (including phenoxy) is 1. The second kappa shape index (κ2) is 6.24. The fourth-order valence-corrected chi connectivity index (χ4v) is 3.22. The molecule has 2 unspecified atom stereocenters. The molecule has 1 amide bonds. The Morgan fingerprint density at radius 3 is 2.65 bits per heavy atom. The molecule has 1 aliphatic heterocycles. The van der Waals surface area contributed by atoms with Crippen molar-refractivity contribution in [3.63, 3.8) is 0 Å². The van der Waals surface area contributed by atoms with Crippen LogP contribution in [0.25, 0.3) is 0 Å². The van der Waals surface area contributed by atoms with E-state index in [9.17, 15) is 4.79 Å². The Morgan fingerprint density at radius 2 is 2.10 bits per heavy atom. The number of carbonyl (C=O) groups is 1. The van der Waals surface area contributed by atoms with Crippen LogP contribution in [0.15, 0.2) is 17.5 Å². The molecule has 0 saturated carbocycles. The van der Waals surface area contributed by atoms with E-state index in [4.69, 9.17) is 4.74 Å². The zero-order valence-electron chi connectivity index (χ0n) is 12.7. The van der Waals surface area contributed by atoms with Gasteiger partial charge in [0.25, 0.3) is 5.91 Å². The average molecular weight is 296 g/mol. The third-order valence-electron chi connectivity index (χ3n) is 3.70. The minimum atomic E-state index is -0.0702. The predicted octanol–water partition coefficient (Wildman–Crippen LogP) is 2.37. The van der Waals surface area contributed by atoms with Crippen molar-refractivity contribution >= 4 is 17.2 Å². The summed E-state index contributed by atoms with van der Waals surface area (Å²) >= 11 is 1.47. The molecule has 2 atom stereocenters. The number of hydrogen-bond acceptors (Lipinski definition) is 4. The normalized spacial score (nSPS) is 24.6. The van der Waals surface area contributed by atoms with Gasteiger partial charge in [0.2, 0.25) is 0 Å². The SMILES string of the molecule is CC1CN(C(C)(C)CNC(=O)c2cccs2)CC(C)O1. The summed E-state index contributed by atoms with van der Waals surface area (Å²) in [6.07, 6.45) is 0.483. The Labute approximate surface area is 125 Å². The van der Waals surface area contributed by atoms with Gasteiger partial charge in [0.05, 0.1) is 17.1 Å². The first kappa shape index (κ1) is 15.5. The monoisotopic (exact) mass is 296 g/mol. The molecule has 1 fully saturated rings. The lowest BCUT2D eigenvalue weighted by atomic mass is 10.00. The maximum absolute atomic E-state index is 12.0. The van der Waals surface area contributed by atoms with Gasteiger partial charge >= 0.3 is 0 Å². The van der Waals surface area contributed by atoms with Gasteiger partial charge in [0, 0.05) is 25.2 Å². The van der Waals surface area contributed by atoms with Gasteiger partial charge in [0.15, 0.2) is 0 Å². The highest BCUT2D eigenvalue weighted by atomic mass is 32.1. The molecule has 1 saturated heterocycles. The van der Waals surface area contributed by atoms with E-state index in [1.165, 1.54) is 11.3 Å². The van der Waals surface area contributed by atoms with Gasteiger partial charge in [-0.1, -0.05) is 6.07 Å². The van der Waals surface area contributed by atoms with Crippen LogP contribution >= 0.6 is 11.3 Å². The molecule has 112 valence electrons. The lowest BCUT2D eigenvalue weighted by molar-refractivity contribution is -0.0948. The van der Waals surface area contributed by atoms with Gasteiger partial charge < -0.3 is 10.1 Å². The van der Waals surface area contributed by atoms with Crippen LogP contribution < -0.4 is 5.32 Å². The Hall–Kier alpha value is -0.910. The third kappa shape index (κ3) is 3.81. The molecule has 1 aliphatic rings. The number of nitrogens with one attached hydrogen (secondary N) is 1. The summed E-state index contributed by atoms with van der Waals surface area (Å²) < 4.78 is 5.77. The van der Waals surface area contributed by atoms with Gasteiger partial charge in [-0.3, -0.25) is 9.69 Å². The van der Waals surface area contributed by atoms with Gasteiger partial charge in [-0.05, 0) is 39.1 Å². The Kier molecular flexibility index (Phi) is 4.83. The molecule has 0 bridgehead atoms. The summed E-state index contributed by atoms with van der Waals surface area (Å²) in [6, 6.07) is 3.75. The van der Waals surface area contributed by atoms with Crippen molar-refractivity contribution in [3.05, 3.63) is 22.4 Å². The van der Waals surface area contributed by atoms with Crippen molar-refractivity contribution in [3.8, 4) is 0 Å². The van der Waals surface area contributed by atoms with E-state index in [0.717, 1.165) is 18.0 Å². The number of thiophene rings is 1. The number of hydrogen-bond donors (Lipinski definition) is 1. The van der Waals surface area contributed by atoms with E-state index < -0.39 is 0 Å². The quantitative estimate of drug-likeness (QED) is 0.927. The van der Waals surface area contributed by atoms with E-state index in [1.807, 2.05) is 17.5 Å². The highest BCUT2D eigenvalue weighted by molar-refractivity contribution is 7.12. The van der Waals surface area contributed by atoms with E-state index in [1.54, 1.807) is 0 Å². The van der Waals surface area contributed by atoms with E-state index in [2.05, 4.69) is 37.9 Å². The number of morpholine rings is 1. The van der Waals surface area contributed by atoms with E-state index in [-0.39, 0.29) is 23.7 Å². The molecule has 0 aromatic carbocycles. The van der Waals surface area contributed by atoms with Crippen molar-refractivity contribution in [1.82, 2.24) is 10.2 Å². The average Bonchev–Trinajstić information content (AvgIpc) is 2.88. The van der Waals surface area contributed by atoms with Gasteiger partial charge in [-0.2, -0.15) is 0 Å². The van der Waals surface area contributed by atoms with Crippen molar-refractivity contribution in [2.45, 2.75) is 45.4 Å². The molecular weight excluding hydrogens is 272 g/mol. The minimum Gasteiger partial charge on any atom is -0.373 e. The summed E-state index contributed by atoms with van der Waals surface area (Å²) in [5.74, 6) is 0.0161. The van der Waals surface area contributed by atoms with Crippen LogP contribution in [-0.4, -0.2) is 48.2 Å². The fourth-order valence-electron chi connectivity index (χ4n) is 2.58. The Balaban J connectivity index is 1.91. The summed E-state index contributed by atoms with van der Waals surface area (Å²) in [6.45, 7) is 11.0. The van der Waals surface area contributed by atoms with Crippen LogP contribution in [0.3, 0.4) is 0 Å². The van der Waals surface area contributed by atoms with E-state index in [0.29, 0.717) is 6.54 Å². The minimum absolute atomic E-state index is 0.0161. The Morgan fingerprint density at radius 1 is 1.45 bits per heavy atom. The second-order valence-electron chi connectivity index (χ2n) is 6.13. The van der Waals surface area contributed by atoms with Crippen LogP contribution in [0.1, 0.15) is 37.4 Å². The van der Waals surface area contributed by atoms with Crippen LogP contribution in [0, 0.1) is 0 Å². The summed E-state index contributed by atoms with van der Waals surface area (Å²) in [5, 5.41) is 4.96. The topological polar surface area (TPSA) is 41.6 Å². The van der Waals surface area contributed by atoms with Crippen molar-refractivity contribution in [1.29, 1.82) is 0 Å². The summed E-state index contributed by atoms with van der Waals surface area (Å²) in [4.78, 5) is 15.2. The first-order valence-electron chi connectivity index (χ1n) is 7.11. The van der Waals surface area contributed by atoms with Gasteiger partial charge in [-0.15, -0.1) is 11.3 Å². The molecule has 5 heteroatoms. The molecule has 0 spiro atoms. The second-order valence-corrected chi connectivity index (χ2v) is 7.08. The van der Waals surface area contributed by atoms with Crippen LogP contribution in [0.4, 0.5) is 0 Å². The molecular formula is C15H24N2O2S. The number of carbonyl (C=O) groups excluding carboxylic acids is 1. The molecule has 0 aliphatic carbocycles. The molecule has 1 aromatic rings. The van der Waals surface area contributed by atoms with Crippen LogP contribution in [0.5, 0.6) is 0 Å². The highest BCUT2D eigenvalue weighted by Crippen LogP contribution is 2.21. The van der Waals surface area contributed by atoms with Gasteiger partial charge in [0.1, 0.15) is 0 Å². The molecule has 2 rings (SSSR count). The van der Waals surface area contributed by atoms with Crippen LogP contribution in [-0.2, 0) is 4.74 Å². The zero-order chi connectivity index (χ0) is 14.8. The smallest absolute Gasteiger partial charge is 0.261 e. The maximum Gasteiger partial charge on any atom is 0.261 e. The van der Waals surface area contributed by atoms with Crippen molar-refractivity contribution < 1.29 is 9.53 Å². The number of rotatable bonds is 4. The molecule has 20 heavy (non-hydrogen) atoms. The zero-order valence-corrected chi connectivity index (χ0v) is 13.5. The first-order chi connectivity index (χ1) is 9.38. The van der Waals surface area contributed by atoms with Crippen LogP contribution in [0.2, 0.25) is 0 Å². The van der Waals surface area contributed by atoms with Crippen molar-refractivity contribution in [2.24, 2.45) is 0 Å². The standard InChI is InChI=1S/C15H24N2O2S/c1-11-8-17(9-12(2)19-11)15(3,4)10-16-14(18)13-6-5-7-20-13/h5-7,11-12H,8-10H2,1-4H3,(H,16,18). The highest BCUT2D eigenvalue weighted by Gasteiger charge is 2.33. The molecule has 0 radical (unpaired) electrons. The predicted molar refractivity (Wildman–Crippen MR) is 82.3 cm³/mol. The number of nitrogens with zero attached hydrogens (tertiary/aromatic N) is 1. The van der Waals surface area contributed by atoms with Crippen molar-refractivity contribution in [2.75, 3.05) is 19.6 Å². The first-order valence-corrected chi connectivity index (χ1v) is 7.98. The molecule has 4 nitrogen and oxygen atoms in total. The summed E-state index contributed by atoms with van der Waals surface area (Å²) in [7, 11) is 0. The summed E-state index contributed by atoms with van der Waals surface area (Å²) in [5.41, 5.74) is -0.0702. The Bertz CT molecular complexity index is 435. The fraction of sp³-hybridized carbons (Fsp3) is 0.667. The molecule has 1 N–H and O–H groups in total. The van der Waals surface area contributed by atoms with E-state index >= 15 is 0 Å². The third-order valence-corrected chi connectivity index (χ3v) is 4.57. The maximum atomic E-state index is 12.0. The number of amides is 1. The largest absolute Gasteiger partial charge is 0.373 e. The molecule has 1 aromatic heterocycles. The molecule has 2 heterocycles.